The molecule has 0 aromatic heterocycles. The number of nitrogens with one attached hydrogen (secondary N) is 1. The minimum atomic E-state index is -0.919. The van der Waals surface area contributed by atoms with Crippen molar-refractivity contribution < 1.29 is 15.1 Å². The van der Waals surface area contributed by atoms with Gasteiger partial charge in [-0.2, -0.15) is 0 Å². The highest BCUT2D eigenvalue weighted by atomic mass is 16.5. The number of rotatable bonds is 4. The topological polar surface area (TPSA) is 69.6 Å². The van der Waals surface area contributed by atoms with Gasteiger partial charge in [0.2, 0.25) is 0 Å². The Balaban J connectivity index is 3.58. The molecule has 0 amide bonds. The van der Waals surface area contributed by atoms with Gasteiger partial charge in [-0.25, -0.2) is 10.3 Å². The largest absolute Gasteiger partial charge is 0.478 e. The molecule has 0 spiro atoms. The summed E-state index contributed by atoms with van der Waals surface area (Å²) in [7, 11) is 0. The molecule has 10 heavy (non-hydrogen) atoms. The van der Waals surface area contributed by atoms with E-state index in [0.717, 1.165) is 0 Å². The zero-order valence-corrected chi connectivity index (χ0v) is 5.79. The van der Waals surface area contributed by atoms with Crippen LogP contribution in [0.25, 0.3) is 0 Å². The van der Waals surface area contributed by atoms with Crippen molar-refractivity contribution in [3.8, 4) is 0 Å². The number of hydrogen-bond donors (Lipinski definition) is 3. The highest BCUT2D eigenvalue weighted by molar-refractivity contribution is 5.85. The van der Waals surface area contributed by atoms with Crippen molar-refractivity contribution in [3.05, 3.63) is 11.6 Å². The molecule has 58 valence electrons. The molecule has 0 heterocycles. The summed E-state index contributed by atoms with van der Waals surface area (Å²) in [6, 6.07) is 0. The van der Waals surface area contributed by atoms with Crippen molar-refractivity contribution in [2.24, 2.45) is 0 Å². The van der Waals surface area contributed by atoms with E-state index in [1.165, 1.54) is 6.92 Å². The third-order valence-corrected chi connectivity index (χ3v) is 1.04. The van der Waals surface area contributed by atoms with Crippen LogP contribution in [0.4, 0.5) is 0 Å². The minimum absolute atomic E-state index is 0.301. The van der Waals surface area contributed by atoms with Crippen LogP contribution in [0, 0.1) is 0 Å². The maximum atomic E-state index is 10.1. The lowest BCUT2D eigenvalue weighted by Crippen LogP contribution is -2.07. The van der Waals surface area contributed by atoms with E-state index in [2.05, 4.69) is 0 Å². The monoisotopic (exact) mass is 145 g/mol. The number of aliphatic carboxylic acids is 1. The number of hydrogen-bond acceptors (Lipinski definition) is 3. The maximum Gasteiger partial charge on any atom is 0.330 e. The second-order valence-electron chi connectivity index (χ2n) is 1.89. The smallest absolute Gasteiger partial charge is 0.330 e. The van der Waals surface area contributed by atoms with Crippen molar-refractivity contribution in [3.63, 3.8) is 0 Å². The van der Waals surface area contributed by atoms with E-state index in [9.17, 15) is 4.79 Å². The number of carboxylic acid groups (broad SMARTS) is 1. The van der Waals surface area contributed by atoms with Crippen molar-refractivity contribution in [1.82, 2.24) is 5.48 Å². The summed E-state index contributed by atoms with van der Waals surface area (Å²) in [4.78, 5) is 10.1. The average Bonchev–Trinajstić information content (AvgIpc) is 1.88. The highest BCUT2D eigenvalue weighted by Gasteiger charge is 1.96. The van der Waals surface area contributed by atoms with Gasteiger partial charge in [0.25, 0.3) is 0 Å². The van der Waals surface area contributed by atoms with E-state index >= 15 is 0 Å². The van der Waals surface area contributed by atoms with Gasteiger partial charge in [-0.3, -0.25) is 0 Å². The minimum Gasteiger partial charge on any atom is -0.478 e. The molecule has 4 heteroatoms. The fourth-order valence-corrected chi connectivity index (χ4v) is 0.441. The van der Waals surface area contributed by atoms with Crippen LogP contribution in [-0.2, 0) is 4.79 Å². The Hall–Kier alpha value is -0.870. The number of hydroxylamine groups is 1. The maximum absolute atomic E-state index is 10.1. The molecule has 0 bridgehead atoms. The molecule has 0 saturated carbocycles. The van der Waals surface area contributed by atoms with Gasteiger partial charge in [-0.15, -0.1) is 0 Å². The number of carboxylic acids is 1. The van der Waals surface area contributed by atoms with E-state index in [0.29, 0.717) is 18.5 Å². The molecule has 4 nitrogen and oxygen atoms in total. The Kier molecular flexibility index (Phi) is 4.53. The summed E-state index contributed by atoms with van der Waals surface area (Å²) in [5.74, 6) is -0.919. The zero-order chi connectivity index (χ0) is 7.98. The third kappa shape index (κ3) is 4.05. The van der Waals surface area contributed by atoms with E-state index < -0.39 is 5.97 Å². The van der Waals surface area contributed by atoms with E-state index in [-0.39, 0.29) is 0 Å². The summed E-state index contributed by atoms with van der Waals surface area (Å²) < 4.78 is 0. The van der Waals surface area contributed by atoms with Crippen molar-refractivity contribution >= 4 is 5.97 Å². The predicted molar refractivity (Wildman–Crippen MR) is 35.8 cm³/mol. The van der Waals surface area contributed by atoms with Gasteiger partial charge in [0.15, 0.2) is 0 Å². The molecule has 0 rings (SSSR count). The van der Waals surface area contributed by atoms with Crippen LogP contribution in [0.5, 0.6) is 0 Å². The lowest BCUT2D eigenvalue weighted by atomic mass is 10.2. The van der Waals surface area contributed by atoms with Crippen molar-refractivity contribution in [2.45, 2.75) is 13.3 Å². The molecule has 3 N–H and O–H groups in total. The Morgan fingerprint density at radius 1 is 1.70 bits per heavy atom. The molecule has 0 radical (unpaired) electrons. The standard InChI is InChI=1S/C6H11NO3/c1-5(6(8)9)3-2-4-7-10/h3,7,10H,2,4H2,1H3,(H,8,9). The van der Waals surface area contributed by atoms with Gasteiger partial charge >= 0.3 is 5.97 Å². The van der Waals surface area contributed by atoms with E-state index in [4.69, 9.17) is 10.3 Å². The van der Waals surface area contributed by atoms with Crippen molar-refractivity contribution in [1.29, 1.82) is 0 Å². The van der Waals surface area contributed by atoms with E-state index in [1.807, 2.05) is 5.48 Å². The lowest BCUT2D eigenvalue weighted by molar-refractivity contribution is -0.132. The Morgan fingerprint density at radius 2 is 2.30 bits per heavy atom. The van der Waals surface area contributed by atoms with Crippen LogP contribution in [0.3, 0.4) is 0 Å². The fraction of sp³-hybridized carbons (Fsp3) is 0.500. The first-order chi connectivity index (χ1) is 4.68. The first-order valence-corrected chi connectivity index (χ1v) is 2.95. The Bertz CT molecular complexity index is 142. The van der Waals surface area contributed by atoms with Crippen LogP contribution >= 0.6 is 0 Å². The molecular formula is C6H11NO3. The van der Waals surface area contributed by atoms with Gasteiger partial charge in [-0.05, 0) is 13.3 Å². The Labute approximate surface area is 59.1 Å². The average molecular weight is 145 g/mol. The molecule has 0 unspecified atom stereocenters. The summed E-state index contributed by atoms with van der Waals surface area (Å²) in [5.41, 5.74) is 2.23. The van der Waals surface area contributed by atoms with Gasteiger partial charge in [0.1, 0.15) is 0 Å². The van der Waals surface area contributed by atoms with Crippen LogP contribution in [0.15, 0.2) is 11.6 Å². The second kappa shape index (κ2) is 4.96. The summed E-state index contributed by atoms with van der Waals surface area (Å²) in [6.07, 6.45) is 2.07. The molecule has 0 aliphatic rings. The van der Waals surface area contributed by atoms with Crippen molar-refractivity contribution in [2.75, 3.05) is 6.54 Å². The van der Waals surface area contributed by atoms with Gasteiger partial charge in [0, 0.05) is 12.1 Å². The molecule has 0 atom stereocenters. The zero-order valence-electron chi connectivity index (χ0n) is 5.79. The van der Waals surface area contributed by atoms with E-state index in [1.54, 1.807) is 6.08 Å². The quantitative estimate of drug-likeness (QED) is 0.304. The van der Waals surface area contributed by atoms with Gasteiger partial charge in [-0.1, -0.05) is 6.08 Å². The van der Waals surface area contributed by atoms with Gasteiger partial charge in [0.05, 0.1) is 0 Å². The molecule has 0 aromatic carbocycles. The fourth-order valence-electron chi connectivity index (χ4n) is 0.441. The molecule has 0 fully saturated rings. The molecule has 0 aromatic rings. The molecular weight excluding hydrogens is 134 g/mol. The highest BCUT2D eigenvalue weighted by Crippen LogP contribution is 1.93. The normalized spacial score (nSPS) is 11.6. The first kappa shape index (κ1) is 9.13. The van der Waals surface area contributed by atoms with Crippen LogP contribution in [0.2, 0.25) is 0 Å². The number of carbonyl (C=O) groups is 1. The van der Waals surface area contributed by atoms with Crippen LogP contribution < -0.4 is 5.48 Å². The van der Waals surface area contributed by atoms with Crippen LogP contribution in [0.1, 0.15) is 13.3 Å². The van der Waals surface area contributed by atoms with Crippen LogP contribution in [-0.4, -0.2) is 22.8 Å². The first-order valence-electron chi connectivity index (χ1n) is 2.95. The SMILES string of the molecule is CC(=CCCNO)C(=O)O. The summed E-state index contributed by atoms with van der Waals surface area (Å²) in [5, 5.41) is 16.4. The molecule has 0 saturated heterocycles. The summed E-state index contributed by atoms with van der Waals surface area (Å²) >= 11 is 0. The summed E-state index contributed by atoms with van der Waals surface area (Å²) in [6.45, 7) is 1.89. The molecule has 0 aliphatic heterocycles. The Morgan fingerprint density at radius 3 is 2.70 bits per heavy atom. The second-order valence-corrected chi connectivity index (χ2v) is 1.89. The lowest BCUT2D eigenvalue weighted by Gasteiger charge is -1.92. The predicted octanol–water partition coefficient (Wildman–Crippen LogP) is 0.386. The third-order valence-electron chi connectivity index (χ3n) is 1.04. The molecule has 0 aliphatic carbocycles. The van der Waals surface area contributed by atoms with Gasteiger partial charge < -0.3 is 10.3 Å².